The fourth-order valence-electron chi connectivity index (χ4n) is 4.43. The van der Waals surface area contributed by atoms with E-state index in [1.807, 2.05) is 0 Å². The number of benzene rings is 3. The topological polar surface area (TPSA) is 36.9 Å². The predicted molar refractivity (Wildman–Crippen MR) is 137 cm³/mol. The van der Waals surface area contributed by atoms with Crippen molar-refractivity contribution in [3.8, 4) is 34.1 Å². The molecule has 42 heavy (non-hydrogen) atoms. The normalized spacial score (nSPS) is 16.8. The zero-order valence-electron chi connectivity index (χ0n) is 22.3. The smallest absolute Gasteiger partial charge is 0.432 e. The summed E-state index contributed by atoms with van der Waals surface area (Å²) in [5.41, 5.74) is -1.75. The van der Waals surface area contributed by atoms with E-state index in [0.717, 1.165) is 38.5 Å². The van der Waals surface area contributed by atoms with E-state index in [1.54, 1.807) is 12.1 Å². The van der Waals surface area contributed by atoms with Crippen LogP contribution in [0.5, 0.6) is 23.0 Å². The first-order valence-corrected chi connectivity index (χ1v) is 13.8. The third-order valence-electron chi connectivity index (χ3n) is 7.39. The van der Waals surface area contributed by atoms with Crippen LogP contribution in [0.2, 0.25) is 0 Å². The first-order valence-electron chi connectivity index (χ1n) is 13.8. The summed E-state index contributed by atoms with van der Waals surface area (Å²) >= 11 is 0. The molecule has 3 aromatic rings. The van der Waals surface area contributed by atoms with Gasteiger partial charge < -0.3 is 18.9 Å². The molecular formula is C31H27F7O4. The van der Waals surface area contributed by atoms with Gasteiger partial charge in [0.2, 0.25) is 0 Å². The molecule has 0 saturated heterocycles. The molecule has 0 aliphatic heterocycles. The van der Waals surface area contributed by atoms with Crippen molar-refractivity contribution in [2.75, 3.05) is 19.8 Å². The minimum Gasteiger partial charge on any atom is -0.493 e. The van der Waals surface area contributed by atoms with Gasteiger partial charge in [-0.25, -0.2) is 22.0 Å². The van der Waals surface area contributed by atoms with Crippen LogP contribution >= 0.6 is 0 Å². The molecule has 0 atom stereocenters. The molecule has 0 aromatic heterocycles. The van der Waals surface area contributed by atoms with Crippen molar-refractivity contribution in [1.82, 2.24) is 0 Å². The van der Waals surface area contributed by atoms with Gasteiger partial charge in [-0.3, -0.25) is 0 Å². The lowest BCUT2D eigenvalue weighted by Crippen LogP contribution is -2.25. The zero-order chi connectivity index (χ0) is 29.6. The molecule has 3 aliphatic rings. The number of hydrogen-bond acceptors (Lipinski definition) is 4. The summed E-state index contributed by atoms with van der Waals surface area (Å²) in [6, 6.07) is 4.88. The number of alkyl halides is 2. The summed E-state index contributed by atoms with van der Waals surface area (Å²) < 4.78 is 123. The summed E-state index contributed by atoms with van der Waals surface area (Å²) in [4.78, 5) is 0. The molecule has 11 heteroatoms. The molecule has 0 bridgehead atoms. The highest BCUT2D eigenvalue weighted by molar-refractivity contribution is 5.78. The molecule has 0 unspecified atom stereocenters. The fraction of sp³-hybridized carbons (Fsp3) is 0.419. The molecule has 224 valence electrons. The molecule has 6 rings (SSSR count). The van der Waals surface area contributed by atoms with Gasteiger partial charge in [-0.2, -0.15) is 8.78 Å². The number of halogens is 7. The van der Waals surface area contributed by atoms with Crippen molar-refractivity contribution < 1.29 is 49.7 Å². The standard InChI is InChI=1S/C31H27F7O4/c32-22-7-19(8-23(33)29(22)31(37,38)42-21-9-24(34)30(36)25(35)10-21)28-26(40-14-17-3-4-17)11-20(39-13-16-1-2-16)12-27(28)41-15-18-5-6-18/h7-12,16-18H,1-6,13-15H2. The van der Waals surface area contributed by atoms with Crippen LogP contribution in [0.15, 0.2) is 36.4 Å². The Morgan fingerprint density at radius 2 is 1.02 bits per heavy atom. The van der Waals surface area contributed by atoms with E-state index >= 15 is 8.78 Å². The zero-order valence-corrected chi connectivity index (χ0v) is 22.3. The van der Waals surface area contributed by atoms with Crippen LogP contribution in [-0.2, 0) is 6.11 Å². The van der Waals surface area contributed by atoms with Crippen molar-refractivity contribution in [3.05, 3.63) is 71.0 Å². The average molecular weight is 597 g/mol. The van der Waals surface area contributed by atoms with Gasteiger partial charge in [0.25, 0.3) is 0 Å². The van der Waals surface area contributed by atoms with Gasteiger partial charge in [0, 0.05) is 24.3 Å². The Morgan fingerprint density at radius 1 is 0.571 bits per heavy atom. The summed E-state index contributed by atoms with van der Waals surface area (Å²) in [5.74, 6) is -8.02. The Balaban J connectivity index is 1.36. The van der Waals surface area contributed by atoms with Gasteiger partial charge in [0.15, 0.2) is 17.5 Å². The molecule has 0 heterocycles. The number of hydrogen-bond donors (Lipinski definition) is 0. The van der Waals surface area contributed by atoms with E-state index < -0.39 is 46.5 Å². The second-order valence-corrected chi connectivity index (χ2v) is 11.2. The summed E-state index contributed by atoms with van der Waals surface area (Å²) in [7, 11) is 0. The third-order valence-corrected chi connectivity index (χ3v) is 7.39. The maximum Gasteiger partial charge on any atom is 0.432 e. The minimum absolute atomic E-state index is 0.131. The lowest BCUT2D eigenvalue weighted by atomic mass is 10.00. The first-order chi connectivity index (χ1) is 20.1. The molecule has 3 saturated carbocycles. The van der Waals surface area contributed by atoms with Crippen LogP contribution in [0.3, 0.4) is 0 Å². The number of ether oxygens (including phenoxy) is 4. The Hall–Kier alpha value is -3.63. The highest BCUT2D eigenvalue weighted by Crippen LogP contribution is 2.46. The molecule has 0 amide bonds. The van der Waals surface area contributed by atoms with Crippen LogP contribution in [0, 0.1) is 46.8 Å². The van der Waals surface area contributed by atoms with Crippen molar-refractivity contribution in [2.24, 2.45) is 17.8 Å². The first kappa shape index (κ1) is 28.5. The Kier molecular flexibility index (Phi) is 7.61. The van der Waals surface area contributed by atoms with Gasteiger partial charge >= 0.3 is 6.11 Å². The van der Waals surface area contributed by atoms with Gasteiger partial charge in [0.1, 0.15) is 40.2 Å². The molecular weight excluding hydrogens is 569 g/mol. The predicted octanol–water partition coefficient (Wildman–Crippen LogP) is 8.54. The largest absolute Gasteiger partial charge is 0.493 e. The van der Waals surface area contributed by atoms with Crippen LogP contribution < -0.4 is 18.9 Å². The van der Waals surface area contributed by atoms with Crippen molar-refractivity contribution >= 4 is 0 Å². The average Bonchev–Trinajstić information content (AvgIpc) is 3.78. The molecule has 0 N–H and O–H groups in total. The van der Waals surface area contributed by atoms with Crippen LogP contribution in [0.1, 0.15) is 44.1 Å². The fourth-order valence-corrected chi connectivity index (χ4v) is 4.43. The van der Waals surface area contributed by atoms with Crippen LogP contribution in [0.25, 0.3) is 11.1 Å². The molecule has 3 aliphatic carbocycles. The van der Waals surface area contributed by atoms with Gasteiger partial charge in [-0.1, -0.05) is 0 Å². The maximum absolute atomic E-state index is 15.3. The van der Waals surface area contributed by atoms with Crippen LogP contribution in [0.4, 0.5) is 30.7 Å². The second-order valence-electron chi connectivity index (χ2n) is 11.2. The van der Waals surface area contributed by atoms with E-state index in [2.05, 4.69) is 4.74 Å². The Morgan fingerprint density at radius 3 is 1.48 bits per heavy atom. The maximum atomic E-state index is 15.3. The van der Waals surface area contributed by atoms with E-state index in [4.69, 9.17) is 14.2 Å². The van der Waals surface area contributed by atoms with Crippen molar-refractivity contribution in [2.45, 2.75) is 44.6 Å². The van der Waals surface area contributed by atoms with Gasteiger partial charge in [-0.05, 0) is 74.0 Å². The molecule has 3 fully saturated rings. The monoisotopic (exact) mass is 596 g/mol. The Labute approximate surface area is 237 Å². The summed E-state index contributed by atoms with van der Waals surface area (Å²) in [6.07, 6.45) is 1.35. The second kappa shape index (κ2) is 11.2. The Bertz CT molecular complexity index is 1400. The highest BCUT2D eigenvalue weighted by Gasteiger charge is 2.42. The van der Waals surface area contributed by atoms with Crippen molar-refractivity contribution in [3.63, 3.8) is 0 Å². The van der Waals surface area contributed by atoms with E-state index in [0.29, 0.717) is 55.5 Å². The third kappa shape index (κ3) is 6.55. The van der Waals surface area contributed by atoms with Crippen molar-refractivity contribution in [1.29, 1.82) is 0 Å². The number of rotatable bonds is 13. The quantitative estimate of drug-likeness (QED) is 0.146. The van der Waals surface area contributed by atoms with E-state index in [-0.39, 0.29) is 34.8 Å². The van der Waals surface area contributed by atoms with E-state index in [1.165, 1.54) is 0 Å². The lowest BCUT2D eigenvalue weighted by molar-refractivity contribution is -0.189. The SMILES string of the molecule is Fc1cc(OC(F)(F)c2c(F)cc(-c3c(OCC4CC4)cc(OCC4CC4)cc3OCC3CC3)cc2F)cc(F)c1F. The van der Waals surface area contributed by atoms with Gasteiger partial charge in [0.05, 0.1) is 25.4 Å². The molecule has 0 spiro atoms. The van der Waals surface area contributed by atoms with Gasteiger partial charge in [-0.15, -0.1) is 0 Å². The molecule has 3 aromatic carbocycles. The highest BCUT2D eigenvalue weighted by atomic mass is 19.3. The summed E-state index contributed by atoms with van der Waals surface area (Å²) in [6.45, 7) is 1.19. The van der Waals surface area contributed by atoms with E-state index in [9.17, 15) is 22.0 Å². The summed E-state index contributed by atoms with van der Waals surface area (Å²) in [5, 5.41) is 0. The van der Waals surface area contributed by atoms with Crippen LogP contribution in [-0.4, -0.2) is 19.8 Å². The lowest BCUT2D eigenvalue weighted by Gasteiger charge is -2.22. The molecule has 4 nitrogen and oxygen atoms in total. The minimum atomic E-state index is -4.71. The molecule has 0 radical (unpaired) electrons.